The summed E-state index contributed by atoms with van der Waals surface area (Å²) in [6, 6.07) is 0.440. The van der Waals surface area contributed by atoms with Crippen molar-refractivity contribution >= 4 is 11.3 Å². The van der Waals surface area contributed by atoms with Crippen molar-refractivity contribution in [3.63, 3.8) is 0 Å². The average molecular weight is 281 g/mol. The molecule has 2 rings (SSSR count). The molecule has 1 aromatic heterocycles. The predicted octanol–water partition coefficient (Wildman–Crippen LogP) is 3.14. The van der Waals surface area contributed by atoms with Gasteiger partial charge in [-0.3, -0.25) is 0 Å². The molecule has 4 heteroatoms. The largest absolute Gasteiger partial charge is 0.309 e. The lowest BCUT2D eigenvalue weighted by atomic mass is 9.96. The third kappa shape index (κ3) is 4.01. The molecule has 0 radical (unpaired) electrons. The second kappa shape index (κ2) is 6.82. The highest BCUT2D eigenvalue weighted by Crippen LogP contribution is 2.25. The van der Waals surface area contributed by atoms with Gasteiger partial charge in [0.1, 0.15) is 0 Å². The van der Waals surface area contributed by atoms with Gasteiger partial charge in [-0.2, -0.15) is 0 Å². The molecule has 0 amide bonds. The van der Waals surface area contributed by atoms with Crippen LogP contribution in [0.25, 0.3) is 0 Å². The van der Waals surface area contributed by atoms with E-state index in [0.29, 0.717) is 6.04 Å². The van der Waals surface area contributed by atoms with Gasteiger partial charge in [0.15, 0.2) is 0 Å². The van der Waals surface area contributed by atoms with Crippen LogP contribution in [0.1, 0.15) is 48.3 Å². The van der Waals surface area contributed by atoms with Gasteiger partial charge in [0.25, 0.3) is 0 Å². The van der Waals surface area contributed by atoms with Gasteiger partial charge < -0.3 is 10.2 Å². The van der Waals surface area contributed by atoms with Gasteiger partial charge in [0, 0.05) is 10.9 Å². The molecule has 0 saturated carbocycles. The molecule has 1 fully saturated rings. The molecule has 1 atom stereocenters. The minimum atomic E-state index is 0.440. The predicted molar refractivity (Wildman–Crippen MR) is 82.8 cm³/mol. The van der Waals surface area contributed by atoms with E-state index in [1.54, 1.807) is 0 Å². The van der Waals surface area contributed by atoms with E-state index in [-0.39, 0.29) is 0 Å². The highest BCUT2D eigenvalue weighted by Gasteiger charge is 2.19. The van der Waals surface area contributed by atoms with Crippen LogP contribution >= 0.6 is 11.3 Å². The maximum atomic E-state index is 4.52. The molecular formula is C15H27N3S. The number of aryl methyl sites for hydroxylation is 2. The summed E-state index contributed by atoms with van der Waals surface area (Å²) in [6.07, 6.45) is 2.68. The van der Waals surface area contributed by atoms with Crippen LogP contribution in [0.4, 0.5) is 0 Å². The van der Waals surface area contributed by atoms with Gasteiger partial charge in [-0.25, -0.2) is 4.98 Å². The number of nitrogens with zero attached hydrogens (tertiary/aromatic N) is 2. The van der Waals surface area contributed by atoms with E-state index in [9.17, 15) is 0 Å². The third-order valence-corrected chi connectivity index (χ3v) is 5.46. The Bertz CT molecular complexity index is 394. The van der Waals surface area contributed by atoms with Gasteiger partial charge in [-0.15, -0.1) is 11.3 Å². The molecule has 3 nitrogen and oxygen atoms in total. The SMILES string of the molecule is CCN1CCC(CNC(C)c2sc(C)nc2C)CC1. The van der Waals surface area contributed by atoms with E-state index in [4.69, 9.17) is 0 Å². The van der Waals surface area contributed by atoms with Crippen LogP contribution in [0.2, 0.25) is 0 Å². The fourth-order valence-electron chi connectivity index (χ4n) is 2.89. The zero-order valence-electron chi connectivity index (χ0n) is 12.7. The molecule has 1 aliphatic rings. The lowest BCUT2D eigenvalue weighted by Crippen LogP contribution is -2.37. The van der Waals surface area contributed by atoms with Crippen molar-refractivity contribution in [2.45, 2.75) is 46.6 Å². The summed E-state index contributed by atoms with van der Waals surface area (Å²) in [5.74, 6) is 0.847. The van der Waals surface area contributed by atoms with Gasteiger partial charge >= 0.3 is 0 Å². The van der Waals surface area contributed by atoms with Gasteiger partial charge in [0.2, 0.25) is 0 Å². The summed E-state index contributed by atoms with van der Waals surface area (Å²) in [5, 5.41) is 4.89. The Hall–Kier alpha value is -0.450. The van der Waals surface area contributed by atoms with Crippen LogP contribution in [0, 0.1) is 19.8 Å². The lowest BCUT2D eigenvalue weighted by Gasteiger charge is -2.31. The van der Waals surface area contributed by atoms with E-state index >= 15 is 0 Å². The van der Waals surface area contributed by atoms with E-state index < -0.39 is 0 Å². The molecular weight excluding hydrogens is 254 g/mol. The minimum Gasteiger partial charge on any atom is -0.309 e. The first-order valence-corrected chi connectivity index (χ1v) is 8.31. The number of nitrogens with one attached hydrogen (secondary N) is 1. The van der Waals surface area contributed by atoms with Crippen molar-refractivity contribution in [1.29, 1.82) is 0 Å². The molecule has 0 spiro atoms. The molecule has 2 heterocycles. The molecule has 1 saturated heterocycles. The van der Waals surface area contributed by atoms with Crippen LogP contribution in [0.15, 0.2) is 0 Å². The highest BCUT2D eigenvalue weighted by molar-refractivity contribution is 7.11. The molecule has 1 N–H and O–H groups in total. The molecule has 0 bridgehead atoms. The number of likely N-dealkylation sites (tertiary alicyclic amines) is 1. The summed E-state index contributed by atoms with van der Waals surface area (Å²) in [6.45, 7) is 13.6. The Labute approximate surface area is 121 Å². The first-order chi connectivity index (χ1) is 9.10. The van der Waals surface area contributed by atoms with Crippen LogP contribution in [-0.2, 0) is 0 Å². The van der Waals surface area contributed by atoms with Crippen LogP contribution < -0.4 is 5.32 Å². The fourth-order valence-corrected chi connectivity index (χ4v) is 3.85. The number of thiazole rings is 1. The monoisotopic (exact) mass is 281 g/mol. The summed E-state index contributed by atoms with van der Waals surface area (Å²) >= 11 is 1.83. The summed E-state index contributed by atoms with van der Waals surface area (Å²) < 4.78 is 0. The van der Waals surface area contributed by atoms with Crippen molar-refractivity contribution in [2.75, 3.05) is 26.2 Å². The molecule has 0 aromatic carbocycles. The Morgan fingerprint density at radius 1 is 1.37 bits per heavy atom. The Morgan fingerprint density at radius 2 is 2.05 bits per heavy atom. The topological polar surface area (TPSA) is 28.2 Å². The second-order valence-electron chi connectivity index (χ2n) is 5.69. The van der Waals surface area contributed by atoms with Crippen LogP contribution in [0.3, 0.4) is 0 Å². The van der Waals surface area contributed by atoms with Crippen molar-refractivity contribution in [3.05, 3.63) is 15.6 Å². The summed E-state index contributed by atoms with van der Waals surface area (Å²) in [5.41, 5.74) is 1.20. The third-order valence-electron chi connectivity index (χ3n) is 4.20. The summed E-state index contributed by atoms with van der Waals surface area (Å²) in [7, 11) is 0. The minimum absolute atomic E-state index is 0.440. The zero-order valence-corrected chi connectivity index (χ0v) is 13.5. The van der Waals surface area contributed by atoms with Crippen LogP contribution in [-0.4, -0.2) is 36.1 Å². The number of hydrogen-bond donors (Lipinski definition) is 1. The van der Waals surface area contributed by atoms with E-state index in [2.05, 4.69) is 42.9 Å². The normalized spacial score (nSPS) is 19.8. The van der Waals surface area contributed by atoms with E-state index in [1.807, 2.05) is 11.3 Å². The van der Waals surface area contributed by atoms with E-state index in [0.717, 1.165) is 12.5 Å². The smallest absolute Gasteiger partial charge is 0.0900 e. The number of aromatic nitrogens is 1. The van der Waals surface area contributed by atoms with E-state index in [1.165, 1.54) is 48.1 Å². The van der Waals surface area contributed by atoms with Gasteiger partial charge in [0.05, 0.1) is 10.7 Å². The lowest BCUT2D eigenvalue weighted by molar-refractivity contribution is 0.188. The summed E-state index contributed by atoms with van der Waals surface area (Å²) in [4.78, 5) is 8.48. The molecule has 19 heavy (non-hydrogen) atoms. The first kappa shape index (κ1) is 14.9. The van der Waals surface area contributed by atoms with Crippen molar-refractivity contribution in [2.24, 2.45) is 5.92 Å². The Balaban J connectivity index is 1.78. The quantitative estimate of drug-likeness (QED) is 0.898. The standard InChI is InChI=1S/C15H27N3S/c1-5-18-8-6-14(7-9-18)10-16-11(2)15-12(3)17-13(4)19-15/h11,14,16H,5-10H2,1-4H3. The Kier molecular flexibility index (Phi) is 5.37. The number of piperidine rings is 1. The molecule has 0 aliphatic carbocycles. The fraction of sp³-hybridized carbons (Fsp3) is 0.800. The first-order valence-electron chi connectivity index (χ1n) is 7.49. The van der Waals surface area contributed by atoms with Crippen molar-refractivity contribution < 1.29 is 0 Å². The number of rotatable bonds is 5. The highest BCUT2D eigenvalue weighted by atomic mass is 32.1. The maximum absolute atomic E-state index is 4.52. The molecule has 1 aliphatic heterocycles. The molecule has 1 unspecified atom stereocenters. The average Bonchev–Trinajstić information content (AvgIpc) is 2.75. The van der Waals surface area contributed by atoms with Gasteiger partial charge in [-0.05, 0) is 65.7 Å². The van der Waals surface area contributed by atoms with Crippen molar-refractivity contribution in [3.8, 4) is 0 Å². The zero-order chi connectivity index (χ0) is 13.8. The van der Waals surface area contributed by atoms with Crippen molar-refractivity contribution in [1.82, 2.24) is 15.2 Å². The maximum Gasteiger partial charge on any atom is 0.0900 e. The molecule has 1 aromatic rings. The Morgan fingerprint density at radius 3 is 2.58 bits per heavy atom. The number of hydrogen-bond acceptors (Lipinski definition) is 4. The molecule has 108 valence electrons. The van der Waals surface area contributed by atoms with Gasteiger partial charge in [-0.1, -0.05) is 6.92 Å². The second-order valence-corrected chi connectivity index (χ2v) is 6.92. The van der Waals surface area contributed by atoms with Crippen LogP contribution in [0.5, 0.6) is 0 Å².